The Morgan fingerprint density at radius 2 is 2.21 bits per heavy atom. The maximum Gasteiger partial charge on any atom is 0.143 e. The summed E-state index contributed by atoms with van der Waals surface area (Å²) < 4.78 is 0. The zero-order valence-corrected chi connectivity index (χ0v) is 13.0. The number of nitrogens with one attached hydrogen (secondary N) is 1. The van der Waals surface area contributed by atoms with Gasteiger partial charge in [0.2, 0.25) is 0 Å². The SMILES string of the molecule is CCc1nc(-c2ncccc2Cl)sc1CNC(C)C. The Morgan fingerprint density at radius 1 is 1.42 bits per heavy atom. The standard InChI is InChI=1S/C14H18ClN3S/c1-4-11-12(8-17-9(2)3)19-14(18-11)13-10(15)6-5-7-16-13/h5-7,9,17H,4,8H2,1-3H3. The number of aromatic nitrogens is 2. The topological polar surface area (TPSA) is 37.8 Å². The number of thiazole rings is 1. The molecule has 0 aliphatic rings. The predicted octanol–water partition coefficient (Wildman–Crippen LogP) is 3.92. The third-order valence-electron chi connectivity index (χ3n) is 2.75. The van der Waals surface area contributed by atoms with Crippen LogP contribution in [-0.4, -0.2) is 16.0 Å². The molecule has 0 unspecified atom stereocenters. The van der Waals surface area contributed by atoms with Crippen molar-refractivity contribution in [2.75, 3.05) is 0 Å². The normalized spacial score (nSPS) is 11.2. The van der Waals surface area contributed by atoms with Crippen LogP contribution in [0, 0.1) is 0 Å². The Labute approximate surface area is 123 Å². The molecule has 3 nitrogen and oxygen atoms in total. The number of rotatable bonds is 5. The molecule has 0 aliphatic heterocycles. The molecule has 0 atom stereocenters. The molecule has 2 aromatic rings. The minimum absolute atomic E-state index is 0.466. The molecular formula is C14H18ClN3S. The smallest absolute Gasteiger partial charge is 0.143 e. The van der Waals surface area contributed by atoms with Gasteiger partial charge in [0.05, 0.1) is 10.7 Å². The van der Waals surface area contributed by atoms with Crippen LogP contribution in [0.5, 0.6) is 0 Å². The molecule has 2 heterocycles. The van der Waals surface area contributed by atoms with Crippen LogP contribution in [0.15, 0.2) is 18.3 Å². The average Bonchev–Trinajstić information content (AvgIpc) is 2.80. The van der Waals surface area contributed by atoms with Gasteiger partial charge in [0.15, 0.2) is 0 Å². The summed E-state index contributed by atoms with van der Waals surface area (Å²) >= 11 is 7.85. The highest BCUT2D eigenvalue weighted by Crippen LogP contribution is 2.31. The van der Waals surface area contributed by atoms with Crippen molar-refractivity contribution in [2.24, 2.45) is 0 Å². The summed E-state index contributed by atoms with van der Waals surface area (Å²) in [5, 5.41) is 4.99. The second-order valence-electron chi connectivity index (χ2n) is 4.61. The van der Waals surface area contributed by atoms with E-state index < -0.39 is 0 Å². The number of nitrogens with zero attached hydrogens (tertiary/aromatic N) is 2. The van der Waals surface area contributed by atoms with E-state index in [0.29, 0.717) is 11.1 Å². The highest BCUT2D eigenvalue weighted by molar-refractivity contribution is 7.15. The van der Waals surface area contributed by atoms with Crippen molar-refractivity contribution in [1.29, 1.82) is 0 Å². The summed E-state index contributed by atoms with van der Waals surface area (Å²) in [5.41, 5.74) is 1.91. The number of hydrogen-bond donors (Lipinski definition) is 1. The first-order valence-electron chi connectivity index (χ1n) is 6.44. The van der Waals surface area contributed by atoms with Crippen LogP contribution in [-0.2, 0) is 13.0 Å². The molecule has 0 amide bonds. The minimum atomic E-state index is 0.466. The van der Waals surface area contributed by atoms with Crippen molar-refractivity contribution in [2.45, 2.75) is 39.8 Å². The van der Waals surface area contributed by atoms with Gasteiger partial charge in [-0.05, 0) is 18.6 Å². The summed E-state index contributed by atoms with van der Waals surface area (Å²) in [4.78, 5) is 10.3. The lowest BCUT2D eigenvalue weighted by Gasteiger charge is -2.06. The third-order valence-corrected chi connectivity index (χ3v) is 4.15. The third kappa shape index (κ3) is 3.53. The summed E-state index contributed by atoms with van der Waals surface area (Å²) in [7, 11) is 0. The van der Waals surface area contributed by atoms with Crippen LogP contribution in [0.3, 0.4) is 0 Å². The van der Waals surface area contributed by atoms with Gasteiger partial charge in [-0.25, -0.2) is 4.98 Å². The maximum absolute atomic E-state index is 6.18. The lowest BCUT2D eigenvalue weighted by molar-refractivity contribution is 0.590. The van der Waals surface area contributed by atoms with Crippen molar-refractivity contribution in [3.8, 4) is 10.7 Å². The molecule has 0 bridgehead atoms. The van der Waals surface area contributed by atoms with Crippen LogP contribution in [0.2, 0.25) is 5.02 Å². The first-order valence-corrected chi connectivity index (χ1v) is 7.64. The highest BCUT2D eigenvalue weighted by Gasteiger charge is 2.14. The van der Waals surface area contributed by atoms with E-state index in [2.05, 4.69) is 36.1 Å². The largest absolute Gasteiger partial charge is 0.310 e. The van der Waals surface area contributed by atoms with Crippen molar-refractivity contribution < 1.29 is 0 Å². The van der Waals surface area contributed by atoms with Crippen LogP contribution in [0.4, 0.5) is 0 Å². The zero-order valence-electron chi connectivity index (χ0n) is 11.4. The zero-order chi connectivity index (χ0) is 13.8. The first kappa shape index (κ1) is 14.4. The molecule has 0 aromatic carbocycles. The van der Waals surface area contributed by atoms with E-state index in [4.69, 9.17) is 11.6 Å². The molecule has 0 radical (unpaired) electrons. The van der Waals surface area contributed by atoms with Gasteiger partial charge in [0, 0.05) is 23.7 Å². The Morgan fingerprint density at radius 3 is 2.84 bits per heavy atom. The number of halogens is 1. The van der Waals surface area contributed by atoms with Crippen molar-refractivity contribution >= 4 is 22.9 Å². The molecule has 0 saturated carbocycles. The van der Waals surface area contributed by atoms with Crippen LogP contribution in [0.25, 0.3) is 10.7 Å². The summed E-state index contributed by atoms with van der Waals surface area (Å²) in [6.07, 6.45) is 2.68. The fraction of sp³-hybridized carbons (Fsp3) is 0.429. The van der Waals surface area contributed by atoms with E-state index in [1.165, 1.54) is 4.88 Å². The van der Waals surface area contributed by atoms with E-state index in [0.717, 1.165) is 29.4 Å². The van der Waals surface area contributed by atoms with Gasteiger partial charge >= 0.3 is 0 Å². The molecule has 102 valence electrons. The van der Waals surface area contributed by atoms with Gasteiger partial charge in [-0.3, -0.25) is 4.98 Å². The Balaban J connectivity index is 2.31. The Hall–Kier alpha value is -0.970. The molecule has 0 spiro atoms. The van der Waals surface area contributed by atoms with Crippen LogP contribution in [0.1, 0.15) is 31.3 Å². The van der Waals surface area contributed by atoms with E-state index >= 15 is 0 Å². The molecule has 0 aliphatic carbocycles. The molecule has 0 saturated heterocycles. The second-order valence-corrected chi connectivity index (χ2v) is 6.10. The molecule has 2 aromatic heterocycles. The molecule has 2 rings (SSSR count). The highest BCUT2D eigenvalue weighted by atomic mass is 35.5. The van der Waals surface area contributed by atoms with E-state index in [9.17, 15) is 0 Å². The van der Waals surface area contributed by atoms with Crippen molar-refractivity contribution in [1.82, 2.24) is 15.3 Å². The van der Waals surface area contributed by atoms with Crippen LogP contribution >= 0.6 is 22.9 Å². The summed E-state index contributed by atoms with van der Waals surface area (Å²) in [5.74, 6) is 0. The molecule has 1 N–H and O–H groups in total. The summed E-state index contributed by atoms with van der Waals surface area (Å²) in [6, 6.07) is 4.15. The lowest BCUT2D eigenvalue weighted by atomic mass is 10.3. The number of hydrogen-bond acceptors (Lipinski definition) is 4. The number of pyridine rings is 1. The first-order chi connectivity index (χ1) is 9.11. The van der Waals surface area contributed by atoms with E-state index in [1.807, 2.05) is 12.1 Å². The fourth-order valence-corrected chi connectivity index (χ4v) is 3.12. The minimum Gasteiger partial charge on any atom is -0.310 e. The van der Waals surface area contributed by atoms with Gasteiger partial charge in [-0.15, -0.1) is 11.3 Å². The quantitative estimate of drug-likeness (QED) is 0.908. The molecule has 19 heavy (non-hydrogen) atoms. The van der Waals surface area contributed by atoms with Crippen molar-refractivity contribution in [3.05, 3.63) is 33.9 Å². The Kier molecular flexibility index (Phi) is 4.91. The fourth-order valence-electron chi connectivity index (χ4n) is 1.74. The maximum atomic E-state index is 6.18. The molecular weight excluding hydrogens is 278 g/mol. The monoisotopic (exact) mass is 295 g/mol. The Bertz CT molecular complexity index is 551. The van der Waals surface area contributed by atoms with Crippen LogP contribution < -0.4 is 5.32 Å². The second kappa shape index (κ2) is 6.46. The van der Waals surface area contributed by atoms with E-state index in [1.54, 1.807) is 17.5 Å². The average molecular weight is 296 g/mol. The van der Waals surface area contributed by atoms with Gasteiger partial charge in [-0.2, -0.15) is 0 Å². The molecule has 0 fully saturated rings. The van der Waals surface area contributed by atoms with Gasteiger partial charge in [0.25, 0.3) is 0 Å². The van der Waals surface area contributed by atoms with Crippen molar-refractivity contribution in [3.63, 3.8) is 0 Å². The predicted molar refractivity (Wildman–Crippen MR) is 81.7 cm³/mol. The van der Waals surface area contributed by atoms with Gasteiger partial charge in [0.1, 0.15) is 10.7 Å². The van der Waals surface area contributed by atoms with Gasteiger partial charge in [-0.1, -0.05) is 32.4 Å². The van der Waals surface area contributed by atoms with E-state index in [-0.39, 0.29) is 0 Å². The molecule has 5 heteroatoms. The lowest BCUT2D eigenvalue weighted by Crippen LogP contribution is -2.21. The van der Waals surface area contributed by atoms with Gasteiger partial charge < -0.3 is 5.32 Å². The summed E-state index contributed by atoms with van der Waals surface area (Å²) in [6.45, 7) is 7.26. The number of aryl methyl sites for hydroxylation is 1.